The van der Waals surface area contributed by atoms with Crippen molar-refractivity contribution < 1.29 is 9.47 Å². The summed E-state index contributed by atoms with van der Waals surface area (Å²) in [6.07, 6.45) is 1.65. The molecule has 6 heteroatoms. The summed E-state index contributed by atoms with van der Waals surface area (Å²) in [4.78, 5) is 0. The van der Waals surface area contributed by atoms with Crippen LogP contribution in [0.15, 0.2) is 24.4 Å². The zero-order chi connectivity index (χ0) is 13.7. The van der Waals surface area contributed by atoms with E-state index in [1.807, 2.05) is 32.0 Å². The van der Waals surface area contributed by atoms with E-state index in [2.05, 4.69) is 10.3 Å². The van der Waals surface area contributed by atoms with E-state index in [1.54, 1.807) is 10.9 Å². The van der Waals surface area contributed by atoms with Crippen LogP contribution >= 0.6 is 0 Å². The van der Waals surface area contributed by atoms with Crippen LogP contribution < -0.4 is 15.2 Å². The predicted molar refractivity (Wildman–Crippen MR) is 71.6 cm³/mol. The quantitative estimate of drug-likeness (QED) is 0.854. The number of aromatic nitrogens is 3. The van der Waals surface area contributed by atoms with Gasteiger partial charge in [0.1, 0.15) is 0 Å². The Labute approximate surface area is 112 Å². The third-order valence-corrected chi connectivity index (χ3v) is 2.60. The molecule has 0 radical (unpaired) electrons. The lowest BCUT2D eigenvalue weighted by Crippen LogP contribution is -2.07. The third kappa shape index (κ3) is 2.85. The summed E-state index contributed by atoms with van der Waals surface area (Å²) >= 11 is 0. The average Bonchev–Trinajstić information content (AvgIpc) is 2.89. The van der Waals surface area contributed by atoms with Gasteiger partial charge >= 0.3 is 0 Å². The highest BCUT2D eigenvalue weighted by molar-refractivity contribution is 5.49. The number of ether oxygens (including phenoxy) is 2. The highest BCUT2D eigenvalue weighted by atomic mass is 16.5. The first-order valence-corrected chi connectivity index (χ1v) is 6.29. The topological polar surface area (TPSA) is 75.2 Å². The highest BCUT2D eigenvalue weighted by Gasteiger charge is 2.10. The standard InChI is InChI=1S/C13H18N4O2/c1-3-18-12-6-5-10(7-13(12)19-4-2)17-11(8-14)9-15-16-17/h5-7,9H,3-4,8,14H2,1-2H3. The minimum absolute atomic E-state index is 0.379. The number of rotatable bonds is 6. The smallest absolute Gasteiger partial charge is 0.163 e. The van der Waals surface area contributed by atoms with Crippen molar-refractivity contribution in [3.8, 4) is 17.2 Å². The summed E-state index contributed by atoms with van der Waals surface area (Å²) in [6.45, 7) is 5.42. The second kappa shape index (κ2) is 6.19. The second-order valence-electron chi connectivity index (χ2n) is 3.84. The van der Waals surface area contributed by atoms with Gasteiger partial charge in [-0.15, -0.1) is 5.10 Å². The van der Waals surface area contributed by atoms with E-state index in [9.17, 15) is 0 Å². The number of hydrogen-bond donors (Lipinski definition) is 1. The maximum atomic E-state index is 5.65. The van der Waals surface area contributed by atoms with Crippen LogP contribution in [0.25, 0.3) is 5.69 Å². The molecular formula is C13H18N4O2. The molecule has 6 nitrogen and oxygen atoms in total. The molecule has 0 saturated heterocycles. The largest absolute Gasteiger partial charge is 0.490 e. The zero-order valence-corrected chi connectivity index (χ0v) is 11.2. The van der Waals surface area contributed by atoms with Crippen molar-refractivity contribution in [2.45, 2.75) is 20.4 Å². The Morgan fingerprint density at radius 2 is 1.89 bits per heavy atom. The Morgan fingerprint density at radius 3 is 2.58 bits per heavy atom. The molecule has 0 amide bonds. The van der Waals surface area contributed by atoms with Crippen molar-refractivity contribution in [2.75, 3.05) is 13.2 Å². The Balaban J connectivity index is 2.39. The molecule has 0 aliphatic rings. The molecule has 2 rings (SSSR count). The minimum atomic E-state index is 0.379. The highest BCUT2D eigenvalue weighted by Crippen LogP contribution is 2.30. The van der Waals surface area contributed by atoms with Gasteiger partial charge in [0.25, 0.3) is 0 Å². The normalized spacial score (nSPS) is 10.5. The lowest BCUT2D eigenvalue weighted by atomic mass is 10.2. The SMILES string of the molecule is CCOc1ccc(-n2nncc2CN)cc1OCC. The van der Waals surface area contributed by atoms with Gasteiger partial charge in [-0.1, -0.05) is 5.21 Å². The van der Waals surface area contributed by atoms with Crippen molar-refractivity contribution in [3.05, 3.63) is 30.1 Å². The Morgan fingerprint density at radius 1 is 1.16 bits per heavy atom. The Bertz CT molecular complexity index is 539. The van der Waals surface area contributed by atoms with E-state index < -0.39 is 0 Å². The van der Waals surface area contributed by atoms with Crippen molar-refractivity contribution in [3.63, 3.8) is 0 Å². The van der Waals surface area contributed by atoms with E-state index >= 15 is 0 Å². The van der Waals surface area contributed by atoms with Gasteiger partial charge in [0.15, 0.2) is 11.5 Å². The fourth-order valence-electron chi connectivity index (χ4n) is 1.78. The summed E-state index contributed by atoms with van der Waals surface area (Å²) < 4.78 is 12.8. The van der Waals surface area contributed by atoms with E-state index in [1.165, 1.54) is 0 Å². The Kier molecular flexibility index (Phi) is 4.35. The molecule has 0 unspecified atom stereocenters. The van der Waals surface area contributed by atoms with Crippen LogP contribution in [0.3, 0.4) is 0 Å². The summed E-state index contributed by atoms with van der Waals surface area (Å²) in [5.74, 6) is 1.42. The van der Waals surface area contributed by atoms with Gasteiger partial charge in [0.05, 0.1) is 30.8 Å². The van der Waals surface area contributed by atoms with Crippen LogP contribution in [0.1, 0.15) is 19.5 Å². The van der Waals surface area contributed by atoms with Crippen molar-refractivity contribution in [1.29, 1.82) is 0 Å². The van der Waals surface area contributed by atoms with Gasteiger partial charge in [-0.25, -0.2) is 4.68 Å². The van der Waals surface area contributed by atoms with Gasteiger partial charge < -0.3 is 15.2 Å². The lowest BCUT2D eigenvalue weighted by Gasteiger charge is -2.13. The van der Waals surface area contributed by atoms with Gasteiger partial charge in [0, 0.05) is 12.6 Å². The predicted octanol–water partition coefficient (Wildman–Crippen LogP) is 1.52. The molecule has 1 aromatic heterocycles. The summed E-state index contributed by atoms with van der Waals surface area (Å²) in [5, 5.41) is 7.89. The summed E-state index contributed by atoms with van der Waals surface area (Å²) in [7, 11) is 0. The first kappa shape index (κ1) is 13.4. The van der Waals surface area contributed by atoms with Gasteiger partial charge in [-0.3, -0.25) is 0 Å². The molecule has 1 aromatic carbocycles. The molecule has 0 saturated carbocycles. The molecule has 2 aromatic rings. The lowest BCUT2D eigenvalue weighted by molar-refractivity contribution is 0.287. The molecule has 0 aliphatic carbocycles. The van der Waals surface area contributed by atoms with Gasteiger partial charge in [0.2, 0.25) is 0 Å². The van der Waals surface area contributed by atoms with Crippen LogP contribution in [0.5, 0.6) is 11.5 Å². The van der Waals surface area contributed by atoms with Crippen molar-refractivity contribution in [1.82, 2.24) is 15.0 Å². The number of hydrogen-bond acceptors (Lipinski definition) is 5. The van der Waals surface area contributed by atoms with E-state index in [0.717, 1.165) is 17.1 Å². The Hall–Kier alpha value is -2.08. The molecule has 1 heterocycles. The molecule has 0 bridgehead atoms. The second-order valence-corrected chi connectivity index (χ2v) is 3.84. The van der Waals surface area contributed by atoms with E-state index in [-0.39, 0.29) is 0 Å². The van der Waals surface area contributed by atoms with Crippen LogP contribution in [0, 0.1) is 0 Å². The fourth-order valence-corrected chi connectivity index (χ4v) is 1.78. The fraction of sp³-hybridized carbons (Fsp3) is 0.385. The summed E-state index contributed by atoms with van der Waals surface area (Å²) in [5.41, 5.74) is 7.34. The molecule has 0 fully saturated rings. The molecule has 0 atom stereocenters. The minimum Gasteiger partial charge on any atom is -0.490 e. The third-order valence-electron chi connectivity index (χ3n) is 2.60. The maximum Gasteiger partial charge on any atom is 0.163 e. The molecule has 19 heavy (non-hydrogen) atoms. The zero-order valence-electron chi connectivity index (χ0n) is 11.2. The molecular weight excluding hydrogens is 244 g/mol. The maximum absolute atomic E-state index is 5.65. The van der Waals surface area contributed by atoms with Crippen molar-refractivity contribution in [2.24, 2.45) is 5.73 Å². The molecule has 2 N–H and O–H groups in total. The van der Waals surface area contributed by atoms with Crippen LogP contribution in [-0.2, 0) is 6.54 Å². The number of benzene rings is 1. The number of nitrogens with two attached hydrogens (primary N) is 1. The van der Waals surface area contributed by atoms with Gasteiger partial charge in [-0.05, 0) is 26.0 Å². The van der Waals surface area contributed by atoms with E-state index in [0.29, 0.717) is 25.5 Å². The van der Waals surface area contributed by atoms with Crippen LogP contribution in [-0.4, -0.2) is 28.2 Å². The van der Waals surface area contributed by atoms with Crippen LogP contribution in [0.2, 0.25) is 0 Å². The number of nitrogens with zero attached hydrogens (tertiary/aromatic N) is 3. The van der Waals surface area contributed by atoms with Crippen molar-refractivity contribution >= 4 is 0 Å². The van der Waals surface area contributed by atoms with Gasteiger partial charge in [-0.2, -0.15) is 0 Å². The molecule has 102 valence electrons. The summed E-state index contributed by atoms with van der Waals surface area (Å²) in [6, 6.07) is 5.65. The molecule has 0 spiro atoms. The van der Waals surface area contributed by atoms with Crippen LogP contribution in [0.4, 0.5) is 0 Å². The monoisotopic (exact) mass is 262 g/mol. The average molecular weight is 262 g/mol. The van der Waals surface area contributed by atoms with E-state index in [4.69, 9.17) is 15.2 Å². The first-order chi connectivity index (χ1) is 9.30. The molecule has 0 aliphatic heterocycles. The first-order valence-electron chi connectivity index (χ1n) is 6.29.